The van der Waals surface area contributed by atoms with Crippen molar-refractivity contribution in [2.45, 2.75) is 13.3 Å². The summed E-state index contributed by atoms with van der Waals surface area (Å²) < 4.78 is 25.0. The normalized spacial score (nSPS) is 10.8. The summed E-state index contributed by atoms with van der Waals surface area (Å²) in [5.74, 6) is 0. The second-order valence-corrected chi connectivity index (χ2v) is 3.38. The molecule has 66 valence electrons. The average molecular weight is 284 g/mol. The number of pyridine rings is 1. The van der Waals surface area contributed by atoms with Crippen LogP contribution in [0.2, 0.25) is 0 Å². The molecule has 0 aliphatic carbocycles. The Kier molecular flexibility index (Phi) is 2.81. The van der Waals surface area contributed by atoms with Gasteiger partial charge < -0.3 is 5.73 Å². The number of aryl methyl sites for hydroxylation is 1. The zero-order valence-corrected chi connectivity index (χ0v) is 8.47. The van der Waals surface area contributed by atoms with Crippen LogP contribution in [-0.2, 0) is 0 Å². The van der Waals surface area contributed by atoms with Gasteiger partial charge in [-0.15, -0.1) is 0 Å². The van der Waals surface area contributed by atoms with E-state index in [2.05, 4.69) is 4.98 Å². The first kappa shape index (κ1) is 9.63. The van der Waals surface area contributed by atoms with Crippen LogP contribution in [0.3, 0.4) is 0 Å². The molecule has 0 spiro atoms. The second kappa shape index (κ2) is 3.51. The van der Waals surface area contributed by atoms with Crippen LogP contribution < -0.4 is 5.73 Å². The Bertz CT molecular complexity index is 302. The maximum Gasteiger partial charge on any atom is 0.268 e. The molecule has 2 N–H and O–H groups in total. The molecule has 1 heterocycles. The highest BCUT2D eigenvalue weighted by atomic mass is 127. The standard InChI is InChI=1S/C7H7F2IN2/c1-3-2-12-7(10)4(5(3)11)6(8)9/h2,6H,1H3,(H2,11,12). The van der Waals surface area contributed by atoms with Gasteiger partial charge in [-0.2, -0.15) is 0 Å². The van der Waals surface area contributed by atoms with Gasteiger partial charge in [0.2, 0.25) is 0 Å². The van der Waals surface area contributed by atoms with Crippen LogP contribution in [0.25, 0.3) is 0 Å². The lowest BCUT2D eigenvalue weighted by Crippen LogP contribution is -2.02. The Hall–Kier alpha value is -0.460. The first-order chi connectivity index (χ1) is 5.54. The Morgan fingerprint density at radius 3 is 2.58 bits per heavy atom. The van der Waals surface area contributed by atoms with Crippen LogP contribution in [0.4, 0.5) is 14.5 Å². The summed E-state index contributed by atoms with van der Waals surface area (Å²) in [5, 5.41) is 0. The van der Waals surface area contributed by atoms with Crippen molar-refractivity contribution >= 4 is 28.3 Å². The maximum absolute atomic E-state index is 12.3. The van der Waals surface area contributed by atoms with E-state index in [4.69, 9.17) is 5.73 Å². The number of alkyl halides is 2. The van der Waals surface area contributed by atoms with Crippen molar-refractivity contribution in [1.82, 2.24) is 4.98 Å². The van der Waals surface area contributed by atoms with E-state index in [1.165, 1.54) is 6.20 Å². The van der Waals surface area contributed by atoms with Crippen molar-refractivity contribution in [1.29, 1.82) is 0 Å². The molecule has 1 aromatic heterocycles. The van der Waals surface area contributed by atoms with E-state index in [-0.39, 0.29) is 15.0 Å². The molecule has 2 nitrogen and oxygen atoms in total. The molecular formula is C7H7F2IN2. The van der Waals surface area contributed by atoms with E-state index in [1.54, 1.807) is 29.5 Å². The number of nitrogens with two attached hydrogens (primary N) is 1. The molecule has 0 bridgehead atoms. The first-order valence-electron chi connectivity index (χ1n) is 3.22. The Morgan fingerprint density at radius 2 is 2.17 bits per heavy atom. The minimum absolute atomic E-state index is 0.143. The number of nitrogens with zero attached hydrogens (tertiary/aromatic N) is 1. The summed E-state index contributed by atoms with van der Waals surface area (Å²) in [6.07, 6.45) is -1.06. The van der Waals surface area contributed by atoms with Crippen molar-refractivity contribution < 1.29 is 8.78 Å². The molecular weight excluding hydrogens is 277 g/mol. The van der Waals surface area contributed by atoms with Gasteiger partial charge in [0.15, 0.2) is 0 Å². The molecule has 0 amide bonds. The average Bonchev–Trinajstić information content (AvgIpc) is 1.97. The van der Waals surface area contributed by atoms with Gasteiger partial charge in [0, 0.05) is 11.9 Å². The van der Waals surface area contributed by atoms with E-state index >= 15 is 0 Å². The highest BCUT2D eigenvalue weighted by Gasteiger charge is 2.17. The van der Waals surface area contributed by atoms with Crippen LogP contribution in [0, 0.1) is 10.6 Å². The molecule has 5 heteroatoms. The number of aromatic nitrogens is 1. The Morgan fingerprint density at radius 1 is 1.58 bits per heavy atom. The van der Waals surface area contributed by atoms with Crippen molar-refractivity contribution in [3.05, 3.63) is 21.0 Å². The molecule has 0 aromatic carbocycles. The number of anilines is 1. The fourth-order valence-electron chi connectivity index (χ4n) is 0.824. The number of hydrogen-bond acceptors (Lipinski definition) is 2. The molecule has 0 aliphatic rings. The fraction of sp³-hybridized carbons (Fsp3) is 0.286. The quantitative estimate of drug-likeness (QED) is 0.635. The van der Waals surface area contributed by atoms with Gasteiger partial charge in [-0.1, -0.05) is 0 Å². The molecule has 1 aromatic rings. The number of nitrogen functional groups attached to an aromatic ring is 1. The lowest BCUT2D eigenvalue weighted by atomic mass is 10.2. The highest BCUT2D eigenvalue weighted by molar-refractivity contribution is 14.1. The van der Waals surface area contributed by atoms with Gasteiger partial charge >= 0.3 is 0 Å². The molecule has 12 heavy (non-hydrogen) atoms. The zero-order chi connectivity index (χ0) is 9.30. The van der Waals surface area contributed by atoms with E-state index in [0.717, 1.165) is 0 Å². The zero-order valence-electron chi connectivity index (χ0n) is 6.31. The van der Waals surface area contributed by atoms with Crippen molar-refractivity contribution in [2.75, 3.05) is 5.73 Å². The lowest BCUT2D eigenvalue weighted by molar-refractivity contribution is 0.150. The van der Waals surface area contributed by atoms with Crippen LogP contribution in [-0.4, -0.2) is 4.98 Å². The summed E-state index contributed by atoms with van der Waals surface area (Å²) in [4.78, 5) is 3.79. The molecule has 1 rings (SSSR count). The Labute approximate surface area is 82.3 Å². The summed E-state index contributed by atoms with van der Waals surface area (Å²) in [6.45, 7) is 1.66. The number of hydrogen-bond donors (Lipinski definition) is 1. The van der Waals surface area contributed by atoms with Gasteiger partial charge in [-0.05, 0) is 35.1 Å². The van der Waals surface area contributed by atoms with Gasteiger partial charge in [0.05, 0.1) is 5.56 Å². The second-order valence-electron chi connectivity index (χ2n) is 2.36. The SMILES string of the molecule is Cc1cnc(I)c(C(F)F)c1N. The first-order valence-corrected chi connectivity index (χ1v) is 4.30. The van der Waals surface area contributed by atoms with Gasteiger partial charge in [0.1, 0.15) is 3.70 Å². The third kappa shape index (κ3) is 1.65. The van der Waals surface area contributed by atoms with Crippen molar-refractivity contribution in [3.63, 3.8) is 0 Å². The smallest absolute Gasteiger partial charge is 0.268 e. The highest BCUT2D eigenvalue weighted by Crippen LogP contribution is 2.30. The lowest BCUT2D eigenvalue weighted by Gasteiger charge is -2.08. The number of rotatable bonds is 1. The van der Waals surface area contributed by atoms with Gasteiger partial charge in [-0.3, -0.25) is 0 Å². The van der Waals surface area contributed by atoms with Gasteiger partial charge in [0.25, 0.3) is 6.43 Å². The predicted molar refractivity (Wildman–Crippen MR) is 51.1 cm³/mol. The Balaban J connectivity index is 3.33. The third-order valence-corrected chi connectivity index (χ3v) is 2.39. The van der Waals surface area contributed by atoms with Crippen LogP contribution in [0.5, 0.6) is 0 Å². The molecule has 0 radical (unpaired) electrons. The van der Waals surface area contributed by atoms with E-state index in [0.29, 0.717) is 5.56 Å². The van der Waals surface area contributed by atoms with E-state index in [1.807, 2.05) is 0 Å². The topological polar surface area (TPSA) is 38.9 Å². The summed E-state index contributed by atoms with van der Waals surface area (Å²) in [5.41, 5.74) is 6.03. The fourth-order valence-corrected chi connectivity index (χ4v) is 1.49. The summed E-state index contributed by atoms with van der Waals surface area (Å²) in [6, 6.07) is 0. The van der Waals surface area contributed by atoms with Crippen LogP contribution in [0.1, 0.15) is 17.6 Å². The third-order valence-electron chi connectivity index (χ3n) is 1.53. The predicted octanol–water partition coefficient (Wildman–Crippen LogP) is 2.51. The van der Waals surface area contributed by atoms with E-state index in [9.17, 15) is 8.78 Å². The molecule has 0 unspecified atom stereocenters. The monoisotopic (exact) mass is 284 g/mol. The maximum atomic E-state index is 12.3. The summed E-state index contributed by atoms with van der Waals surface area (Å²) >= 11 is 1.75. The number of halogens is 3. The molecule has 0 atom stereocenters. The summed E-state index contributed by atoms with van der Waals surface area (Å²) in [7, 11) is 0. The largest absolute Gasteiger partial charge is 0.398 e. The van der Waals surface area contributed by atoms with Crippen molar-refractivity contribution in [2.24, 2.45) is 0 Å². The molecule has 0 aliphatic heterocycles. The minimum atomic E-state index is -2.55. The van der Waals surface area contributed by atoms with Crippen LogP contribution >= 0.6 is 22.6 Å². The minimum Gasteiger partial charge on any atom is -0.398 e. The van der Waals surface area contributed by atoms with Crippen LogP contribution in [0.15, 0.2) is 6.20 Å². The molecule has 0 saturated carbocycles. The van der Waals surface area contributed by atoms with E-state index < -0.39 is 6.43 Å². The van der Waals surface area contributed by atoms with Crippen molar-refractivity contribution in [3.8, 4) is 0 Å². The molecule has 0 saturated heterocycles. The van der Waals surface area contributed by atoms with Gasteiger partial charge in [-0.25, -0.2) is 13.8 Å². The molecule has 0 fully saturated rings.